The van der Waals surface area contributed by atoms with Crippen LogP contribution in [-0.2, 0) is 11.2 Å². The highest BCUT2D eigenvalue weighted by Gasteiger charge is 2.08. The Balaban J connectivity index is 3.00. The minimum absolute atomic E-state index is 0.103. The number of ketones is 1. The summed E-state index contributed by atoms with van der Waals surface area (Å²) in [7, 11) is 0. The maximum Gasteiger partial charge on any atom is 0.134 e. The number of halogens is 1. The molecule has 0 amide bonds. The van der Waals surface area contributed by atoms with Crippen LogP contribution in [0.2, 0.25) is 0 Å². The molecule has 1 nitrogen and oxygen atoms in total. The normalized spacial score (nSPS) is 10.6. The fraction of sp³-hybridized carbons (Fsp3) is 0.417. The number of hydrogen-bond acceptors (Lipinski definition) is 1. The third kappa shape index (κ3) is 2.66. The summed E-state index contributed by atoms with van der Waals surface area (Å²) >= 11 is 0. The van der Waals surface area contributed by atoms with Crippen LogP contribution in [0.4, 0.5) is 4.39 Å². The summed E-state index contributed by atoms with van der Waals surface area (Å²) in [4.78, 5) is 10.9. The van der Waals surface area contributed by atoms with Gasteiger partial charge in [0.1, 0.15) is 11.6 Å². The Hall–Kier alpha value is -1.18. The standard InChI is InChI=1S/C12H15FO/c1-8(2)11-7-10(6-9(3)14)4-5-12(11)13/h4-5,7-8H,6H2,1-3H3. The number of Topliss-reactive ketones (excluding diaryl/α,β-unsaturated/α-hetero) is 1. The molecule has 76 valence electrons. The van der Waals surface area contributed by atoms with Crippen molar-refractivity contribution < 1.29 is 9.18 Å². The molecule has 1 aromatic rings. The zero-order valence-corrected chi connectivity index (χ0v) is 8.80. The van der Waals surface area contributed by atoms with Crippen LogP contribution >= 0.6 is 0 Å². The van der Waals surface area contributed by atoms with Crippen molar-refractivity contribution >= 4 is 5.78 Å². The molecule has 0 atom stereocenters. The highest BCUT2D eigenvalue weighted by Crippen LogP contribution is 2.20. The van der Waals surface area contributed by atoms with E-state index in [0.717, 1.165) is 5.56 Å². The van der Waals surface area contributed by atoms with E-state index in [0.29, 0.717) is 12.0 Å². The van der Waals surface area contributed by atoms with E-state index in [2.05, 4.69) is 0 Å². The maximum atomic E-state index is 13.3. The Kier molecular flexibility index (Phi) is 3.39. The topological polar surface area (TPSA) is 17.1 Å². The monoisotopic (exact) mass is 194 g/mol. The molecule has 0 fully saturated rings. The van der Waals surface area contributed by atoms with Gasteiger partial charge < -0.3 is 0 Å². The Morgan fingerprint density at radius 2 is 2.07 bits per heavy atom. The second kappa shape index (κ2) is 4.36. The van der Waals surface area contributed by atoms with Crippen molar-refractivity contribution in [3.63, 3.8) is 0 Å². The van der Waals surface area contributed by atoms with Crippen LogP contribution in [0.25, 0.3) is 0 Å². The molecule has 0 saturated carbocycles. The van der Waals surface area contributed by atoms with Crippen LogP contribution in [-0.4, -0.2) is 5.78 Å². The summed E-state index contributed by atoms with van der Waals surface area (Å²) in [6.45, 7) is 5.42. The highest BCUT2D eigenvalue weighted by molar-refractivity contribution is 5.78. The van der Waals surface area contributed by atoms with Gasteiger partial charge in [0, 0.05) is 6.42 Å². The van der Waals surface area contributed by atoms with Crippen molar-refractivity contribution in [3.8, 4) is 0 Å². The average Bonchev–Trinajstić information content (AvgIpc) is 2.07. The Morgan fingerprint density at radius 1 is 1.43 bits per heavy atom. The summed E-state index contributed by atoms with van der Waals surface area (Å²) in [5.74, 6) is 0.0699. The van der Waals surface area contributed by atoms with Gasteiger partial charge >= 0.3 is 0 Å². The highest BCUT2D eigenvalue weighted by atomic mass is 19.1. The van der Waals surface area contributed by atoms with Gasteiger partial charge in [0.2, 0.25) is 0 Å². The van der Waals surface area contributed by atoms with Gasteiger partial charge in [0.15, 0.2) is 0 Å². The number of carbonyl (C=O) groups excluding carboxylic acids is 1. The first-order chi connectivity index (χ1) is 6.50. The molecule has 0 radical (unpaired) electrons. The van der Waals surface area contributed by atoms with Gasteiger partial charge in [0.25, 0.3) is 0 Å². The quantitative estimate of drug-likeness (QED) is 0.722. The molecule has 1 aromatic carbocycles. The molecule has 0 N–H and O–H groups in total. The third-order valence-corrected chi connectivity index (χ3v) is 2.14. The molecule has 0 aliphatic rings. The molecule has 0 aromatic heterocycles. The zero-order chi connectivity index (χ0) is 10.7. The van der Waals surface area contributed by atoms with Gasteiger partial charge in [0.05, 0.1) is 0 Å². The minimum Gasteiger partial charge on any atom is -0.300 e. The average molecular weight is 194 g/mol. The molecule has 0 aliphatic carbocycles. The Morgan fingerprint density at radius 3 is 2.57 bits per heavy atom. The first-order valence-electron chi connectivity index (χ1n) is 4.78. The van der Waals surface area contributed by atoms with Gasteiger partial charge in [-0.15, -0.1) is 0 Å². The fourth-order valence-electron chi connectivity index (χ4n) is 1.43. The molecule has 0 bridgehead atoms. The predicted octanol–water partition coefficient (Wildman–Crippen LogP) is 3.08. The molecule has 0 heterocycles. The lowest BCUT2D eigenvalue weighted by molar-refractivity contribution is -0.116. The van der Waals surface area contributed by atoms with Gasteiger partial charge in [-0.3, -0.25) is 4.79 Å². The van der Waals surface area contributed by atoms with Crippen molar-refractivity contribution in [1.82, 2.24) is 0 Å². The van der Waals surface area contributed by atoms with E-state index < -0.39 is 0 Å². The number of benzene rings is 1. The summed E-state index contributed by atoms with van der Waals surface area (Å²) in [5.41, 5.74) is 1.58. The second-order valence-corrected chi connectivity index (χ2v) is 3.89. The van der Waals surface area contributed by atoms with E-state index in [1.54, 1.807) is 19.1 Å². The number of carbonyl (C=O) groups is 1. The van der Waals surface area contributed by atoms with Crippen LogP contribution in [0.15, 0.2) is 18.2 Å². The molecule has 0 saturated heterocycles. The summed E-state index contributed by atoms with van der Waals surface area (Å²) in [6.07, 6.45) is 0.389. The number of rotatable bonds is 3. The summed E-state index contributed by atoms with van der Waals surface area (Å²) < 4.78 is 13.3. The van der Waals surface area contributed by atoms with Crippen molar-refractivity contribution in [1.29, 1.82) is 0 Å². The van der Waals surface area contributed by atoms with Crippen molar-refractivity contribution in [2.75, 3.05) is 0 Å². The van der Waals surface area contributed by atoms with E-state index >= 15 is 0 Å². The maximum absolute atomic E-state index is 13.3. The molecule has 0 aliphatic heterocycles. The predicted molar refractivity (Wildman–Crippen MR) is 54.9 cm³/mol. The summed E-state index contributed by atoms with van der Waals surface area (Å²) in [5, 5.41) is 0. The van der Waals surface area contributed by atoms with Gasteiger partial charge in [-0.05, 0) is 30.0 Å². The van der Waals surface area contributed by atoms with Crippen molar-refractivity contribution in [2.24, 2.45) is 0 Å². The minimum atomic E-state index is -0.188. The van der Waals surface area contributed by atoms with E-state index in [1.807, 2.05) is 13.8 Å². The van der Waals surface area contributed by atoms with E-state index in [-0.39, 0.29) is 17.5 Å². The van der Waals surface area contributed by atoms with Crippen molar-refractivity contribution in [3.05, 3.63) is 35.1 Å². The molecule has 1 rings (SSSR count). The van der Waals surface area contributed by atoms with Gasteiger partial charge in [-0.25, -0.2) is 4.39 Å². The van der Waals surface area contributed by atoms with Crippen LogP contribution in [0.3, 0.4) is 0 Å². The third-order valence-electron chi connectivity index (χ3n) is 2.14. The van der Waals surface area contributed by atoms with Crippen LogP contribution < -0.4 is 0 Å². The van der Waals surface area contributed by atoms with E-state index in [9.17, 15) is 9.18 Å². The van der Waals surface area contributed by atoms with Gasteiger partial charge in [-0.1, -0.05) is 26.0 Å². The molecule has 0 spiro atoms. The van der Waals surface area contributed by atoms with Crippen molar-refractivity contribution in [2.45, 2.75) is 33.1 Å². The molecule has 14 heavy (non-hydrogen) atoms. The fourth-order valence-corrected chi connectivity index (χ4v) is 1.43. The Bertz CT molecular complexity index is 342. The SMILES string of the molecule is CC(=O)Cc1ccc(F)c(C(C)C)c1. The molecule has 2 heteroatoms. The lowest BCUT2D eigenvalue weighted by Crippen LogP contribution is -2.00. The van der Waals surface area contributed by atoms with E-state index in [1.165, 1.54) is 6.07 Å². The first kappa shape index (κ1) is 10.9. The summed E-state index contributed by atoms with van der Waals surface area (Å²) in [6, 6.07) is 4.89. The van der Waals surface area contributed by atoms with Gasteiger partial charge in [-0.2, -0.15) is 0 Å². The van der Waals surface area contributed by atoms with Crippen LogP contribution in [0.5, 0.6) is 0 Å². The van der Waals surface area contributed by atoms with E-state index in [4.69, 9.17) is 0 Å². The van der Waals surface area contributed by atoms with Crippen LogP contribution in [0, 0.1) is 5.82 Å². The zero-order valence-electron chi connectivity index (χ0n) is 8.80. The Labute approximate surface area is 83.9 Å². The second-order valence-electron chi connectivity index (χ2n) is 3.89. The largest absolute Gasteiger partial charge is 0.300 e. The lowest BCUT2D eigenvalue weighted by Gasteiger charge is -2.08. The molecule has 0 unspecified atom stereocenters. The lowest BCUT2D eigenvalue weighted by atomic mass is 9.98. The molecular formula is C12H15FO. The smallest absolute Gasteiger partial charge is 0.134 e. The van der Waals surface area contributed by atoms with Crippen LogP contribution in [0.1, 0.15) is 37.8 Å². The molecular weight excluding hydrogens is 179 g/mol. The number of hydrogen-bond donors (Lipinski definition) is 0. The first-order valence-corrected chi connectivity index (χ1v) is 4.78.